The van der Waals surface area contributed by atoms with Crippen LogP contribution >= 0.6 is 0 Å². The van der Waals surface area contributed by atoms with Gasteiger partial charge in [-0.2, -0.15) is 0 Å². The lowest BCUT2D eigenvalue weighted by Crippen LogP contribution is -2.22. The van der Waals surface area contributed by atoms with Crippen LogP contribution in [-0.4, -0.2) is 32.9 Å². The van der Waals surface area contributed by atoms with E-state index in [0.717, 1.165) is 12.1 Å². The van der Waals surface area contributed by atoms with E-state index in [1.54, 1.807) is 0 Å². The highest BCUT2D eigenvalue weighted by Gasteiger charge is 2.34. The number of aromatic hydroxyl groups is 2. The molecule has 104 valence electrons. The number of phenolic OH excluding ortho intramolecular Hbond substituents is 2. The van der Waals surface area contributed by atoms with Crippen LogP contribution in [-0.2, 0) is 0 Å². The van der Waals surface area contributed by atoms with Crippen LogP contribution in [0, 0.1) is 0 Å². The fourth-order valence-corrected chi connectivity index (χ4v) is 2.41. The molecule has 1 aliphatic carbocycles. The summed E-state index contributed by atoms with van der Waals surface area (Å²) in [5.74, 6) is -3.62. The maximum absolute atomic E-state index is 12.4. The number of ketones is 2. The minimum atomic E-state index is -1.32. The molecule has 0 heterocycles. The molecule has 0 unspecified atom stereocenters. The molecule has 0 bridgehead atoms. The fraction of sp³-hybridized carbons (Fsp3) is 0. The first-order chi connectivity index (χ1) is 9.91. The predicted molar refractivity (Wildman–Crippen MR) is 70.0 cm³/mol. The fourth-order valence-electron chi connectivity index (χ4n) is 2.41. The van der Waals surface area contributed by atoms with Gasteiger partial charge in [-0.25, -0.2) is 4.79 Å². The molecular formula is C15H8O6. The Morgan fingerprint density at radius 3 is 2.19 bits per heavy atom. The van der Waals surface area contributed by atoms with Gasteiger partial charge in [-0.3, -0.25) is 9.59 Å². The number of fused-ring (bicyclic) bond motifs is 2. The summed E-state index contributed by atoms with van der Waals surface area (Å²) in [6.07, 6.45) is 0. The van der Waals surface area contributed by atoms with Gasteiger partial charge in [0.25, 0.3) is 0 Å². The Bertz CT molecular complexity index is 834. The maximum Gasteiger partial charge on any atom is 0.335 e. The normalized spacial score (nSPS) is 12.8. The van der Waals surface area contributed by atoms with Gasteiger partial charge in [0.1, 0.15) is 11.5 Å². The topological polar surface area (TPSA) is 112 Å². The third kappa shape index (κ3) is 1.69. The van der Waals surface area contributed by atoms with Crippen LogP contribution in [0.1, 0.15) is 42.2 Å². The number of carboxylic acids is 1. The zero-order valence-electron chi connectivity index (χ0n) is 10.5. The van der Waals surface area contributed by atoms with Crippen LogP contribution in [0.2, 0.25) is 0 Å². The van der Waals surface area contributed by atoms with Crippen LogP contribution < -0.4 is 0 Å². The van der Waals surface area contributed by atoms with Gasteiger partial charge in [0.15, 0.2) is 5.78 Å². The molecule has 3 rings (SSSR count). The molecule has 0 saturated heterocycles. The number of aromatic carboxylic acids is 1. The van der Waals surface area contributed by atoms with Gasteiger partial charge in [-0.15, -0.1) is 0 Å². The van der Waals surface area contributed by atoms with Crippen LogP contribution in [0.15, 0.2) is 30.3 Å². The van der Waals surface area contributed by atoms with E-state index in [0.29, 0.717) is 0 Å². The molecular weight excluding hydrogens is 282 g/mol. The Kier molecular flexibility index (Phi) is 2.56. The number of phenols is 2. The van der Waals surface area contributed by atoms with E-state index < -0.39 is 23.3 Å². The van der Waals surface area contributed by atoms with Crippen molar-refractivity contribution in [3.63, 3.8) is 0 Å². The van der Waals surface area contributed by atoms with E-state index in [1.807, 2.05) is 0 Å². The number of carbonyl (C=O) groups is 3. The van der Waals surface area contributed by atoms with Crippen molar-refractivity contribution in [2.45, 2.75) is 0 Å². The van der Waals surface area contributed by atoms with Gasteiger partial charge in [0.2, 0.25) is 5.78 Å². The zero-order chi connectivity index (χ0) is 15.3. The highest BCUT2D eigenvalue weighted by molar-refractivity contribution is 6.30. The van der Waals surface area contributed by atoms with Crippen molar-refractivity contribution in [3.8, 4) is 11.5 Å². The summed E-state index contributed by atoms with van der Waals surface area (Å²) in [6.45, 7) is 0. The quantitative estimate of drug-likeness (QED) is 0.627. The van der Waals surface area contributed by atoms with Crippen LogP contribution in [0.25, 0.3) is 0 Å². The van der Waals surface area contributed by atoms with Gasteiger partial charge >= 0.3 is 5.97 Å². The van der Waals surface area contributed by atoms with E-state index >= 15 is 0 Å². The standard InChI is InChI=1S/C15H8O6/c16-9-3-1-2-7-11(9)14(19)12-8(13(7)18)4-6(15(20)21)5-10(12)17/h1-5,16-17H,(H,20,21)/i1+1,2+1,3+1,7+1,9+1,11+1. The van der Waals surface area contributed by atoms with Gasteiger partial charge in [-0.05, 0) is 18.2 Å². The van der Waals surface area contributed by atoms with E-state index in [1.165, 1.54) is 18.2 Å². The van der Waals surface area contributed by atoms with Gasteiger partial charge in [-0.1, -0.05) is 12.1 Å². The predicted octanol–water partition coefficient (Wildman–Crippen LogP) is 1.57. The molecule has 6 nitrogen and oxygen atoms in total. The average molecular weight is 290 g/mol. The Balaban J connectivity index is 2.36. The summed E-state index contributed by atoms with van der Waals surface area (Å²) < 4.78 is 0. The smallest absolute Gasteiger partial charge is 0.335 e. The molecule has 0 saturated carbocycles. The highest BCUT2D eigenvalue weighted by atomic mass is 16.4. The lowest BCUT2D eigenvalue weighted by molar-refractivity contribution is 0.0695. The molecule has 0 atom stereocenters. The van der Waals surface area contributed by atoms with Crippen molar-refractivity contribution in [2.75, 3.05) is 0 Å². The zero-order valence-corrected chi connectivity index (χ0v) is 10.5. The number of carbonyl (C=O) groups excluding carboxylic acids is 2. The summed E-state index contributed by atoms with van der Waals surface area (Å²) in [5, 5.41) is 28.6. The summed E-state index contributed by atoms with van der Waals surface area (Å²) in [6, 6.07) is 5.98. The van der Waals surface area contributed by atoms with Crippen molar-refractivity contribution in [2.24, 2.45) is 0 Å². The summed E-state index contributed by atoms with van der Waals surface area (Å²) in [7, 11) is 0. The number of carboxylic acid groups (broad SMARTS) is 1. The maximum atomic E-state index is 12.4. The number of rotatable bonds is 1. The second kappa shape index (κ2) is 4.17. The number of hydrogen-bond acceptors (Lipinski definition) is 5. The molecule has 2 aromatic carbocycles. The molecule has 0 spiro atoms. The van der Waals surface area contributed by atoms with Crippen molar-refractivity contribution >= 4 is 17.5 Å². The van der Waals surface area contributed by atoms with Crippen molar-refractivity contribution in [1.82, 2.24) is 0 Å². The molecule has 0 radical (unpaired) electrons. The third-order valence-electron chi connectivity index (χ3n) is 3.35. The number of hydrogen-bond donors (Lipinski definition) is 3. The Labute approximate surface area is 117 Å². The summed E-state index contributed by atoms with van der Waals surface area (Å²) in [4.78, 5) is 35.7. The van der Waals surface area contributed by atoms with E-state index in [2.05, 4.69) is 0 Å². The van der Waals surface area contributed by atoms with Crippen LogP contribution in [0.4, 0.5) is 0 Å². The lowest BCUT2D eigenvalue weighted by atomic mass is 9.97. The summed E-state index contributed by atoms with van der Waals surface area (Å²) in [5.41, 5.74) is -0.978. The SMILES string of the molecule is O=C(O)c1cc(O)c2c(c1)C(=O)[13c]1[13cH][13cH][13cH][13c](O)[13c]1C2=O. The number of benzene rings is 2. The van der Waals surface area contributed by atoms with Gasteiger partial charge in [0, 0.05) is 11.1 Å². The molecule has 6 heteroatoms. The summed E-state index contributed by atoms with van der Waals surface area (Å²) >= 11 is 0. The molecule has 1 aliphatic rings. The molecule has 0 fully saturated rings. The molecule has 0 aromatic heterocycles. The minimum absolute atomic E-state index is 0.0190. The molecule has 0 amide bonds. The first-order valence-electron chi connectivity index (χ1n) is 5.93. The molecule has 21 heavy (non-hydrogen) atoms. The Morgan fingerprint density at radius 2 is 1.52 bits per heavy atom. The highest BCUT2D eigenvalue weighted by Crippen LogP contribution is 2.37. The van der Waals surface area contributed by atoms with E-state index in [4.69, 9.17) is 5.11 Å². The monoisotopic (exact) mass is 290 g/mol. The van der Waals surface area contributed by atoms with Crippen molar-refractivity contribution in [1.29, 1.82) is 0 Å². The molecule has 3 N–H and O–H groups in total. The van der Waals surface area contributed by atoms with Gasteiger partial charge in [0.05, 0.1) is 16.7 Å². The van der Waals surface area contributed by atoms with Crippen molar-refractivity contribution < 1.29 is 29.7 Å². The molecule has 0 aliphatic heterocycles. The average Bonchev–Trinajstić information content (AvgIpc) is 2.43. The third-order valence-corrected chi connectivity index (χ3v) is 3.35. The van der Waals surface area contributed by atoms with Crippen LogP contribution in [0.3, 0.4) is 0 Å². The second-order valence-electron chi connectivity index (χ2n) is 4.58. The largest absolute Gasteiger partial charge is 0.507 e. The van der Waals surface area contributed by atoms with E-state index in [-0.39, 0.29) is 33.6 Å². The first kappa shape index (κ1) is 12.9. The second-order valence-corrected chi connectivity index (χ2v) is 4.58. The Morgan fingerprint density at radius 1 is 0.857 bits per heavy atom. The lowest BCUT2D eigenvalue weighted by Gasteiger charge is -2.19. The van der Waals surface area contributed by atoms with E-state index in [9.17, 15) is 24.6 Å². The van der Waals surface area contributed by atoms with Crippen molar-refractivity contribution in [3.05, 3.63) is 58.1 Å². The first-order valence-corrected chi connectivity index (χ1v) is 5.93. The van der Waals surface area contributed by atoms with Gasteiger partial charge < -0.3 is 15.3 Å². The molecule has 2 aromatic rings. The Hall–Kier alpha value is -3.15. The minimum Gasteiger partial charge on any atom is -0.507 e. The van der Waals surface area contributed by atoms with Crippen LogP contribution in [0.5, 0.6) is 11.5 Å².